The number of aliphatic hydroxyl groups excluding tert-OH is 1. The molecule has 2 aromatic carbocycles. The third-order valence-corrected chi connectivity index (χ3v) is 4.25. The van der Waals surface area contributed by atoms with Crippen LogP contribution in [0.4, 0.5) is 10.5 Å². The zero-order valence-corrected chi connectivity index (χ0v) is 14.8. The van der Waals surface area contributed by atoms with E-state index in [9.17, 15) is 14.7 Å². The maximum absolute atomic E-state index is 12.7. The number of anilines is 1. The Hall–Kier alpha value is -2.86. The average molecular weight is 354 g/mol. The number of para-hydroxylation sites is 1. The molecule has 2 N–H and O–H groups in total. The van der Waals surface area contributed by atoms with Gasteiger partial charge in [-0.05, 0) is 49.2 Å². The Balaban J connectivity index is 1.72. The minimum atomic E-state index is -0.776. The quantitative estimate of drug-likeness (QED) is 0.888. The molecule has 2 unspecified atom stereocenters. The van der Waals surface area contributed by atoms with Crippen molar-refractivity contribution in [3.63, 3.8) is 0 Å². The number of amides is 2. The first-order valence-corrected chi connectivity index (χ1v) is 8.53. The molecule has 1 fully saturated rings. The average Bonchev–Trinajstić information content (AvgIpc) is 2.97. The van der Waals surface area contributed by atoms with Crippen LogP contribution in [0.2, 0.25) is 0 Å². The lowest BCUT2D eigenvalue weighted by Crippen LogP contribution is -2.44. The van der Waals surface area contributed by atoms with Crippen molar-refractivity contribution in [1.82, 2.24) is 4.90 Å². The van der Waals surface area contributed by atoms with E-state index in [-0.39, 0.29) is 18.9 Å². The molecule has 0 saturated carbocycles. The Labute approximate surface area is 152 Å². The van der Waals surface area contributed by atoms with Crippen LogP contribution in [0.3, 0.4) is 0 Å². The predicted octanol–water partition coefficient (Wildman–Crippen LogP) is 2.88. The van der Waals surface area contributed by atoms with Gasteiger partial charge in [-0.15, -0.1) is 0 Å². The van der Waals surface area contributed by atoms with Crippen molar-refractivity contribution in [2.24, 2.45) is 0 Å². The zero-order chi connectivity index (χ0) is 18.7. The summed E-state index contributed by atoms with van der Waals surface area (Å²) in [5, 5.41) is 12.8. The van der Waals surface area contributed by atoms with Crippen LogP contribution in [0.25, 0.3) is 0 Å². The van der Waals surface area contributed by atoms with Gasteiger partial charge in [-0.2, -0.15) is 0 Å². The van der Waals surface area contributed by atoms with E-state index >= 15 is 0 Å². The van der Waals surface area contributed by atoms with Gasteiger partial charge in [0.25, 0.3) is 0 Å². The third-order valence-electron chi connectivity index (χ3n) is 4.25. The molecule has 26 heavy (non-hydrogen) atoms. The highest BCUT2D eigenvalue weighted by Gasteiger charge is 2.40. The molecule has 136 valence electrons. The molecule has 0 radical (unpaired) electrons. The van der Waals surface area contributed by atoms with E-state index in [1.54, 1.807) is 24.3 Å². The number of rotatable bonds is 3. The molecule has 1 aliphatic heterocycles. The van der Waals surface area contributed by atoms with Crippen molar-refractivity contribution in [2.75, 3.05) is 11.9 Å². The SMILES string of the molecule is Cc1cc(C)cc(NC(=O)C2CC(O)CN2C(=O)Oc2ccccc2)c1. The minimum Gasteiger partial charge on any atom is -0.410 e. The van der Waals surface area contributed by atoms with Crippen LogP contribution in [0.5, 0.6) is 5.75 Å². The molecule has 2 atom stereocenters. The van der Waals surface area contributed by atoms with E-state index in [4.69, 9.17) is 4.74 Å². The van der Waals surface area contributed by atoms with E-state index in [1.165, 1.54) is 4.90 Å². The Morgan fingerprint density at radius 1 is 1.12 bits per heavy atom. The molecule has 6 heteroatoms. The molecule has 1 heterocycles. The summed E-state index contributed by atoms with van der Waals surface area (Å²) < 4.78 is 5.31. The number of benzene rings is 2. The first kappa shape index (κ1) is 17.9. The number of ether oxygens (including phenoxy) is 1. The van der Waals surface area contributed by atoms with Gasteiger partial charge in [0, 0.05) is 12.1 Å². The second-order valence-corrected chi connectivity index (χ2v) is 6.60. The topological polar surface area (TPSA) is 78.9 Å². The standard InChI is InChI=1S/C20H22N2O4/c1-13-8-14(2)10-15(9-13)21-19(24)18-11-16(23)12-22(18)20(25)26-17-6-4-3-5-7-17/h3-10,16,18,23H,11-12H2,1-2H3,(H,21,24). The smallest absolute Gasteiger partial charge is 0.410 e. The first-order valence-electron chi connectivity index (χ1n) is 8.53. The van der Waals surface area contributed by atoms with Gasteiger partial charge in [0.15, 0.2) is 0 Å². The normalized spacial score (nSPS) is 19.3. The maximum atomic E-state index is 12.7. The van der Waals surface area contributed by atoms with Crippen LogP contribution in [0.1, 0.15) is 17.5 Å². The molecule has 1 saturated heterocycles. The molecule has 1 aliphatic rings. The van der Waals surface area contributed by atoms with Gasteiger partial charge in [0.1, 0.15) is 11.8 Å². The van der Waals surface area contributed by atoms with Gasteiger partial charge >= 0.3 is 6.09 Å². The second-order valence-electron chi connectivity index (χ2n) is 6.60. The van der Waals surface area contributed by atoms with Gasteiger partial charge in [-0.25, -0.2) is 4.79 Å². The van der Waals surface area contributed by atoms with Crippen molar-refractivity contribution in [2.45, 2.75) is 32.4 Å². The van der Waals surface area contributed by atoms with Crippen molar-refractivity contribution in [3.8, 4) is 5.75 Å². The molecule has 6 nitrogen and oxygen atoms in total. The van der Waals surface area contributed by atoms with Crippen molar-refractivity contribution >= 4 is 17.7 Å². The van der Waals surface area contributed by atoms with Crippen LogP contribution in [-0.2, 0) is 4.79 Å². The van der Waals surface area contributed by atoms with E-state index < -0.39 is 18.2 Å². The summed E-state index contributed by atoms with van der Waals surface area (Å²) in [6.07, 6.45) is -1.22. The Bertz CT molecular complexity index is 786. The van der Waals surface area contributed by atoms with Crippen molar-refractivity contribution < 1.29 is 19.4 Å². The number of likely N-dealkylation sites (tertiary alicyclic amines) is 1. The second kappa shape index (κ2) is 7.58. The molecule has 3 rings (SSSR count). The monoisotopic (exact) mass is 354 g/mol. The summed E-state index contributed by atoms with van der Waals surface area (Å²) in [5.41, 5.74) is 2.74. The van der Waals surface area contributed by atoms with Crippen LogP contribution < -0.4 is 10.1 Å². The van der Waals surface area contributed by atoms with Gasteiger partial charge in [0.2, 0.25) is 5.91 Å². The Morgan fingerprint density at radius 2 is 1.77 bits per heavy atom. The zero-order valence-electron chi connectivity index (χ0n) is 14.8. The largest absolute Gasteiger partial charge is 0.416 e. The molecule has 2 amide bonds. The number of nitrogens with zero attached hydrogens (tertiary/aromatic N) is 1. The third kappa shape index (κ3) is 4.21. The molecular formula is C20H22N2O4. The fraction of sp³-hybridized carbons (Fsp3) is 0.300. The minimum absolute atomic E-state index is 0.0661. The summed E-state index contributed by atoms with van der Waals surface area (Å²) >= 11 is 0. The number of aryl methyl sites for hydroxylation is 2. The van der Waals surface area contributed by atoms with E-state index in [1.807, 2.05) is 38.1 Å². The lowest BCUT2D eigenvalue weighted by atomic mass is 10.1. The van der Waals surface area contributed by atoms with Crippen LogP contribution in [0.15, 0.2) is 48.5 Å². The predicted molar refractivity (Wildman–Crippen MR) is 98.1 cm³/mol. The van der Waals surface area contributed by atoms with E-state index in [2.05, 4.69) is 5.32 Å². The van der Waals surface area contributed by atoms with Gasteiger partial charge < -0.3 is 15.2 Å². The Kier molecular flexibility index (Phi) is 5.23. The van der Waals surface area contributed by atoms with Crippen molar-refractivity contribution in [1.29, 1.82) is 0 Å². The molecule has 0 spiro atoms. The first-order chi connectivity index (χ1) is 12.4. The molecular weight excluding hydrogens is 332 g/mol. The lowest BCUT2D eigenvalue weighted by molar-refractivity contribution is -0.119. The van der Waals surface area contributed by atoms with Crippen molar-refractivity contribution in [3.05, 3.63) is 59.7 Å². The Morgan fingerprint density at radius 3 is 2.42 bits per heavy atom. The van der Waals surface area contributed by atoms with Gasteiger partial charge in [0.05, 0.1) is 12.6 Å². The number of hydrogen-bond donors (Lipinski definition) is 2. The summed E-state index contributed by atoms with van der Waals surface area (Å²) in [5.74, 6) is 0.0592. The number of β-amino-alcohol motifs (C(OH)–C–C–N with tert-alkyl or cyclic N) is 1. The lowest BCUT2D eigenvalue weighted by Gasteiger charge is -2.23. The number of carbonyl (C=O) groups is 2. The fourth-order valence-corrected chi connectivity index (χ4v) is 3.18. The van der Waals surface area contributed by atoms with Gasteiger partial charge in [-0.1, -0.05) is 24.3 Å². The number of nitrogens with one attached hydrogen (secondary N) is 1. The molecule has 0 bridgehead atoms. The van der Waals surface area contributed by atoms with Crippen LogP contribution in [-0.4, -0.2) is 40.7 Å². The highest BCUT2D eigenvalue weighted by Crippen LogP contribution is 2.23. The highest BCUT2D eigenvalue weighted by molar-refractivity contribution is 5.97. The summed E-state index contributed by atoms with van der Waals surface area (Å²) in [7, 11) is 0. The van der Waals surface area contributed by atoms with E-state index in [0.29, 0.717) is 11.4 Å². The number of aliphatic hydroxyl groups is 1. The maximum Gasteiger partial charge on any atom is 0.416 e. The summed E-state index contributed by atoms with van der Waals surface area (Å²) in [6, 6.07) is 13.6. The van der Waals surface area contributed by atoms with Gasteiger partial charge in [-0.3, -0.25) is 9.69 Å². The molecule has 0 aliphatic carbocycles. The molecule has 0 aromatic heterocycles. The van der Waals surface area contributed by atoms with E-state index in [0.717, 1.165) is 11.1 Å². The number of hydrogen-bond acceptors (Lipinski definition) is 4. The summed E-state index contributed by atoms with van der Waals surface area (Å²) in [4.78, 5) is 26.4. The van der Waals surface area contributed by atoms with Crippen LogP contribution in [0, 0.1) is 13.8 Å². The van der Waals surface area contributed by atoms with Crippen LogP contribution >= 0.6 is 0 Å². The number of carbonyl (C=O) groups excluding carboxylic acids is 2. The molecule has 2 aromatic rings. The fourth-order valence-electron chi connectivity index (χ4n) is 3.18. The highest BCUT2D eigenvalue weighted by atomic mass is 16.6. The summed E-state index contributed by atoms with van der Waals surface area (Å²) in [6.45, 7) is 3.97.